The summed E-state index contributed by atoms with van der Waals surface area (Å²) in [5.74, 6) is 0.210. The normalized spacial score (nSPS) is 10.7. The van der Waals surface area contributed by atoms with Gasteiger partial charge in [-0.05, 0) is 56.2 Å². The summed E-state index contributed by atoms with van der Waals surface area (Å²) < 4.78 is 10.6. The van der Waals surface area contributed by atoms with Crippen LogP contribution in [0.4, 0.5) is 0 Å². The average Bonchev–Trinajstić information content (AvgIpc) is 2.52. The van der Waals surface area contributed by atoms with Crippen molar-refractivity contribution in [3.63, 3.8) is 0 Å². The Bertz CT molecular complexity index is 704. The minimum atomic E-state index is -0.514. The van der Waals surface area contributed by atoms with Crippen molar-refractivity contribution in [2.24, 2.45) is 0 Å². The molecule has 0 aliphatic carbocycles. The Morgan fingerprint density at radius 2 is 1.52 bits per heavy atom. The minimum absolute atomic E-state index is 0.118. The number of hydrogen-bond donors (Lipinski definition) is 0. The maximum Gasteiger partial charge on any atom is 0.344 e. The molecule has 4 nitrogen and oxygen atoms in total. The number of hydrogen-bond acceptors (Lipinski definition) is 4. The molecule has 0 aliphatic heterocycles. The Kier molecular flexibility index (Phi) is 5.02. The Morgan fingerprint density at radius 1 is 1.00 bits per heavy atom. The zero-order valence-electron chi connectivity index (χ0n) is 13.5. The van der Waals surface area contributed by atoms with Crippen molar-refractivity contribution in [2.45, 2.75) is 26.4 Å². The van der Waals surface area contributed by atoms with Gasteiger partial charge in [0.1, 0.15) is 11.4 Å². The molecule has 0 amide bonds. The van der Waals surface area contributed by atoms with Crippen LogP contribution in [0.5, 0.6) is 5.75 Å². The summed E-state index contributed by atoms with van der Waals surface area (Å²) in [7, 11) is 0. The molecule has 0 atom stereocenters. The number of ether oxygens (including phenoxy) is 2. The van der Waals surface area contributed by atoms with Gasteiger partial charge in [0.25, 0.3) is 0 Å². The van der Waals surface area contributed by atoms with Crippen molar-refractivity contribution in [3.8, 4) is 22.9 Å². The topological polar surface area (TPSA) is 59.3 Å². The van der Waals surface area contributed by atoms with E-state index in [-0.39, 0.29) is 6.61 Å². The monoisotopic (exact) mass is 309 g/mol. The first-order valence-electron chi connectivity index (χ1n) is 7.33. The summed E-state index contributed by atoms with van der Waals surface area (Å²) in [5.41, 5.74) is 2.15. The van der Waals surface area contributed by atoms with Crippen LogP contribution in [0.15, 0.2) is 48.5 Å². The maximum atomic E-state index is 11.6. The van der Waals surface area contributed by atoms with Gasteiger partial charge in [-0.1, -0.05) is 24.3 Å². The van der Waals surface area contributed by atoms with Gasteiger partial charge in [-0.15, -0.1) is 0 Å². The molecule has 0 heterocycles. The van der Waals surface area contributed by atoms with E-state index >= 15 is 0 Å². The lowest BCUT2D eigenvalue weighted by atomic mass is 10.0. The Hall–Kier alpha value is -2.80. The molecule has 0 spiro atoms. The predicted molar refractivity (Wildman–Crippen MR) is 87.9 cm³/mol. The van der Waals surface area contributed by atoms with E-state index in [4.69, 9.17) is 14.7 Å². The number of benzene rings is 2. The number of rotatable bonds is 4. The number of carbonyl (C=O) groups excluding carboxylic acids is 1. The van der Waals surface area contributed by atoms with Gasteiger partial charge in [-0.3, -0.25) is 0 Å². The van der Waals surface area contributed by atoms with Crippen molar-refractivity contribution >= 4 is 5.97 Å². The molecule has 2 aromatic carbocycles. The molecule has 0 aliphatic rings. The number of nitrogens with zero attached hydrogens (tertiary/aromatic N) is 1. The fraction of sp³-hybridized carbons (Fsp3) is 0.263. The number of nitriles is 1. The minimum Gasteiger partial charge on any atom is -0.482 e. The SMILES string of the molecule is CC(C)(C)OC(=O)COc1ccc(-c2ccc(C#N)cc2)cc1. The van der Waals surface area contributed by atoms with Gasteiger partial charge in [0.2, 0.25) is 0 Å². The van der Waals surface area contributed by atoms with E-state index in [9.17, 15) is 4.79 Å². The van der Waals surface area contributed by atoms with E-state index in [1.165, 1.54) is 0 Å². The molecule has 23 heavy (non-hydrogen) atoms. The highest BCUT2D eigenvalue weighted by molar-refractivity contribution is 5.71. The van der Waals surface area contributed by atoms with E-state index in [2.05, 4.69) is 6.07 Å². The van der Waals surface area contributed by atoms with Crippen LogP contribution >= 0.6 is 0 Å². The van der Waals surface area contributed by atoms with Crippen LogP contribution in [0.3, 0.4) is 0 Å². The van der Waals surface area contributed by atoms with Gasteiger partial charge in [-0.2, -0.15) is 5.26 Å². The molecule has 0 unspecified atom stereocenters. The van der Waals surface area contributed by atoms with Crippen molar-refractivity contribution in [1.29, 1.82) is 5.26 Å². The van der Waals surface area contributed by atoms with Crippen molar-refractivity contribution < 1.29 is 14.3 Å². The highest BCUT2D eigenvalue weighted by Gasteiger charge is 2.16. The van der Waals surface area contributed by atoms with E-state index in [0.29, 0.717) is 11.3 Å². The molecule has 0 bridgehead atoms. The molecular formula is C19H19NO3. The van der Waals surface area contributed by atoms with E-state index in [1.54, 1.807) is 24.3 Å². The van der Waals surface area contributed by atoms with Gasteiger partial charge in [0.15, 0.2) is 6.61 Å². The Balaban J connectivity index is 1.97. The molecule has 0 saturated carbocycles. The van der Waals surface area contributed by atoms with Crippen LogP contribution in [0, 0.1) is 11.3 Å². The van der Waals surface area contributed by atoms with Gasteiger partial charge < -0.3 is 9.47 Å². The van der Waals surface area contributed by atoms with Crippen LogP contribution in [0.25, 0.3) is 11.1 Å². The molecule has 0 saturated heterocycles. The summed E-state index contributed by atoms with van der Waals surface area (Å²) in [6.07, 6.45) is 0. The standard InChI is InChI=1S/C19H19NO3/c1-19(2,3)23-18(21)13-22-17-10-8-16(9-11-17)15-6-4-14(12-20)5-7-15/h4-11H,13H2,1-3H3. The molecule has 0 aromatic heterocycles. The number of esters is 1. The van der Waals surface area contributed by atoms with Crippen LogP contribution < -0.4 is 4.74 Å². The summed E-state index contributed by atoms with van der Waals surface area (Å²) in [5, 5.41) is 8.81. The van der Waals surface area contributed by atoms with Crippen molar-refractivity contribution in [3.05, 3.63) is 54.1 Å². The third kappa shape index (κ3) is 5.15. The molecule has 4 heteroatoms. The highest BCUT2D eigenvalue weighted by atomic mass is 16.6. The molecule has 2 aromatic rings. The summed E-state index contributed by atoms with van der Waals surface area (Å²) >= 11 is 0. The van der Waals surface area contributed by atoms with Crippen molar-refractivity contribution in [2.75, 3.05) is 6.61 Å². The predicted octanol–water partition coefficient (Wildman–Crippen LogP) is 3.95. The summed E-state index contributed by atoms with van der Waals surface area (Å²) in [4.78, 5) is 11.6. The van der Waals surface area contributed by atoms with Crippen LogP contribution in [0.2, 0.25) is 0 Å². The second kappa shape index (κ2) is 6.97. The lowest BCUT2D eigenvalue weighted by Crippen LogP contribution is -2.27. The largest absolute Gasteiger partial charge is 0.482 e. The van der Waals surface area contributed by atoms with Crippen molar-refractivity contribution in [1.82, 2.24) is 0 Å². The maximum absolute atomic E-state index is 11.6. The van der Waals surface area contributed by atoms with Gasteiger partial charge in [0.05, 0.1) is 11.6 Å². The quantitative estimate of drug-likeness (QED) is 0.802. The lowest BCUT2D eigenvalue weighted by Gasteiger charge is -2.19. The molecule has 0 N–H and O–H groups in total. The third-order valence-corrected chi connectivity index (χ3v) is 2.98. The average molecular weight is 309 g/mol. The second-order valence-electron chi connectivity index (χ2n) is 6.09. The van der Waals surface area contributed by atoms with E-state index < -0.39 is 11.6 Å². The van der Waals surface area contributed by atoms with E-state index in [1.807, 2.05) is 45.0 Å². The van der Waals surface area contributed by atoms with Crippen LogP contribution in [0.1, 0.15) is 26.3 Å². The second-order valence-corrected chi connectivity index (χ2v) is 6.09. The third-order valence-electron chi connectivity index (χ3n) is 2.98. The molecule has 0 radical (unpaired) electrons. The first-order valence-corrected chi connectivity index (χ1v) is 7.33. The first kappa shape index (κ1) is 16.6. The zero-order valence-corrected chi connectivity index (χ0v) is 13.5. The summed E-state index contributed by atoms with van der Waals surface area (Å²) in [6, 6.07) is 16.9. The van der Waals surface area contributed by atoms with Gasteiger partial charge in [-0.25, -0.2) is 4.79 Å². The molecule has 0 fully saturated rings. The first-order chi connectivity index (χ1) is 10.9. The fourth-order valence-electron chi connectivity index (χ4n) is 1.99. The molecule has 118 valence electrons. The lowest BCUT2D eigenvalue weighted by molar-refractivity contribution is -0.157. The van der Waals surface area contributed by atoms with Crippen LogP contribution in [-0.2, 0) is 9.53 Å². The fourth-order valence-corrected chi connectivity index (χ4v) is 1.99. The number of carbonyl (C=O) groups is 1. The van der Waals surface area contributed by atoms with Gasteiger partial charge >= 0.3 is 5.97 Å². The van der Waals surface area contributed by atoms with Gasteiger partial charge in [0, 0.05) is 0 Å². The molecular weight excluding hydrogens is 290 g/mol. The Labute approximate surface area is 136 Å². The molecule has 2 rings (SSSR count). The highest BCUT2D eigenvalue weighted by Crippen LogP contribution is 2.22. The Morgan fingerprint density at radius 3 is 2.00 bits per heavy atom. The summed E-state index contributed by atoms with van der Waals surface area (Å²) in [6.45, 7) is 5.33. The zero-order chi connectivity index (χ0) is 16.9. The van der Waals surface area contributed by atoms with Crippen LogP contribution in [-0.4, -0.2) is 18.2 Å². The van der Waals surface area contributed by atoms with E-state index in [0.717, 1.165) is 11.1 Å². The smallest absolute Gasteiger partial charge is 0.344 e.